The number of carbonyl (C=O) groups excluding carboxylic acids is 1. The van der Waals surface area contributed by atoms with Gasteiger partial charge in [-0.3, -0.25) is 9.69 Å². The van der Waals surface area contributed by atoms with Crippen LogP contribution in [0.5, 0.6) is 5.75 Å². The minimum Gasteiger partial charge on any atom is -0.484 e. The van der Waals surface area contributed by atoms with Gasteiger partial charge in [-0.25, -0.2) is 0 Å². The predicted molar refractivity (Wildman–Crippen MR) is 124 cm³/mol. The van der Waals surface area contributed by atoms with Crippen molar-refractivity contribution in [1.29, 1.82) is 0 Å². The van der Waals surface area contributed by atoms with Crippen molar-refractivity contribution in [2.75, 3.05) is 26.2 Å². The number of ether oxygens (including phenoxy) is 1. The number of amides is 1. The predicted octanol–water partition coefficient (Wildman–Crippen LogP) is 2.93. The van der Waals surface area contributed by atoms with Gasteiger partial charge in [-0.05, 0) is 24.6 Å². The van der Waals surface area contributed by atoms with E-state index in [0.717, 1.165) is 44.2 Å². The first-order valence-electron chi connectivity index (χ1n) is 11.0. The molecule has 0 radical (unpaired) electrons. The van der Waals surface area contributed by atoms with Gasteiger partial charge in [-0.1, -0.05) is 60.2 Å². The Morgan fingerprint density at radius 3 is 2.56 bits per heavy atom. The Balaban J connectivity index is 1.27. The minimum atomic E-state index is -0.178. The minimum absolute atomic E-state index is 0.0220. The second-order valence-electron chi connectivity index (χ2n) is 7.99. The Hall–Kier alpha value is -3.45. The van der Waals surface area contributed by atoms with E-state index >= 15 is 0 Å². The van der Waals surface area contributed by atoms with E-state index in [0.29, 0.717) is 12.3 Å². The second-order valence-corrected chi connectivity index (χ2v) is 7.99. The van der Waals surface area contributed by atoms with Gasteiger partial charge in [0.1, 0.15) is 11.6 Å². The van der Waals surface area contributed by atoms with Crippen molar-refractivity contribution in [2.45, 2.75) is 26.4 Å². The maximum absolute atomic E-state index is 12.2. The van der Waals surface area contributed by atoms with Crippen LogP contribution < -0.4 is 10.1 Å². The van der Waals surface area contributed by atoms with Crippen LogP contribution >= 0.6 is 0 Å². The van der Waals surface area contributed by atoms with Crippen LogP contribution in [0.3, 0.4) is 0 Å². The Labute approximate surface area is 188 Å². The molecule has 2 heterocycles. The van der Waals surface area contributed by atoms with E-state index in [2.05, 4.69) is 62.2 Å². The fourth-order valence-corrected chi connectivity index (χ4v) is 3.84. The van der Waals surface area contributed by atoms with E-state index in [-0.39, 0.29) is 12.5 Å². The maximum atomic E-state index is 12.2. The summed E-state index contributed by atoms with van der Waals surface area (Å²) in [6.45, 7) is 6.10. The Kier molecular flexibility index (Phi) is 7.30. The summed E-state index contributed by atoms with van der Waals surface area (Å²) in [5, 5.41) is 11.5. The van der Waals surface area contributed by atoms with Gasteiger partial charge in [-0.15, -0.1) is 10.2 Å². The van der Waals surface area contributed by atoms with Crippen molar-refractivity contribution in [3.8, 4) is 5.75 Å². The molecule has 3 aromatic rings. The van der Waals surface area contributed by atoms with Crippen LogP contribution in [-0.2, 0) is 24.3 Å². The van der Waals surface area contributed by atoms with Crippen molar-refractivity contribution < 1.29 is 9.53 Å². The molecule has 0 saturated carbocycles. The van der Waals surface area contributed by atoms with Gasteiger partial charge >= 0.3 is 0 Å². The van der Waals surface area contributed by atoms with Crippen LogP contribution in [0.1, 0.15) is 24.1 Å². The molecule has 0 saturated heterocycles. The molecular weight excluding hydrogens is 402 g/mol. The molecule has 1 N–H and O–H groups in total. The van der Waals surface area contributed by atoms with Crippen molar-refractivity contribution >= 4 is 12.0 Å². The number of aromatic nitrogens is 3. The van der Waals surface area contributed by atoms with Crippen LogP contribution in [0, 0.1) is 0 Å². The number of rotatable bonds is 8. The molecule has 1 amide bonds. The van der Waals surface area contributed by atoms with E-state index < -0.39 is 0 Å². The van der Waals surface area contributed by atoms with E-state index in [1.54, 1.807) is 0 Å². The van der Waals surface area contributed by atoms with Gasteiger partial charge in [0.15, 0.2) is 12.4 Å². The molecule has 0 fully saturated rings. The summed E-state index contributed by atoms with van der Waals surface area (Å²) in [6, 6.07) is 19.7. The zero-order chi connectivity index (χ0) is 22.2. The molecule has 0 spiro atoms. The van der Waals surface area contributed by atoms with E-state index in [9.17, 15) is 4.79 Å². The van der Waals surface area contributed by atoms with Crippen molar-refractivity contribution in [1.82, 2.24) is 25.0 Å². The topological polar surface area (TPSA) is 72.3 Å². The summed E-state index contributed by atoms with van der Waals surface area (Å²) in [4.78, 5) is 14.6. The molecule has 1 aromatic heterocycles. The Bertz CT molecular complexity index is 1050. The van der Waals surface area contributed by atoms with Crippen LogP contribution in [0.4, 0.5) is 0 Å². The molecule has 7 heteroatoms. The van der Waals surface area contributed by atoms with E-state index in [4.69, 9.17) is 4.74 Å². The zero-order valence-corrected chi connectivity index (χ0v) is 18.4. The maximum Gasteiger partial charge on any atom is 0.258 e. The monoisotopic (exact) mass is 431 g/mol. The lowest BCUT2D eigenvalue weighted by atomic mass is 10.1. The SMILES string of the molecule is CC(=Cc1ccccc1)CN1CCc2nnc(CNC(=O)COc3ccccc3)n2CC1. The number of hydrogen-bond donors (Lipinski definition) is 1. The molecular formula is C25H29N5O2. The lowest BCUT2D eigenvalue weighted by molar-refractivity contribution is -0.123. The summed E-state index contributed by atoms with van der Waals surface area (Å²) in [7, 11) is 0. The normalized spacial score (nSPS) is 14.5. The van der Waals surface area contributed by atoms with Crippen LogP contribution in [-0.4, -0.2) is 51.8 Å². The molecule has 0 aliphatic carbocycles. The molecule has 4 rings (SSSR count). The molecule has 32 heavy (non-hydrogen) atoms. The van der Waals surface area contributed by atoms with Gasteiger partial charge < -0.3 is 14.6 Å². The molecule has 166 valence electrons. The van der Waals surface area contributed by atoms with E-state index in [1.165, 1.54) is 11.1 Å². The molecule has 0 bridgehead atoms. The molecule has 2 aromatic carbocycles. The van der Waals surface area contributed by atoms with Crippen molar-refractivity contribution in [3.05, 3.63) is 83.4 Å². The largest absolute Gasteiger partial charge is 0.484 e. The van der Waals surface area contributed by atoms with Crippen molar-refractivity contribution in [3.63, 3.8) is 0 Å². The third-order valence-corrected chi connectivity index (χ3v) is 5.44. The molecule has 0 unspecified atom stereocenters. The molecule has 1 aliphatic rings. The number of carbonyl (C=O) groups is 1. The summed E-state index contributed by atoms with van der Waals surface area (Å²) >= 11 is 0. The Morgan fingerprint density at radius 1 is 1.03 bits per heavy atom. The first-order chi connectivity index (χ1) is 15.7. The number of para-hydroxylation sites is 1. The first-order valence-corrected chi connectivity index (χ1v) is 11.0. The van der Waals surface area contributed by atoms with Crippen LogP contribution in [0.2, 0.25) is 0 Å². The van der Waals surface area contributed by atoms with Gasteiger partial charge in [0, 0.05) is 32.6 Å². The number of benzene rings is 2. The third-order valence-electron chi connectivity index (χ3n) is 5.44. The summed E-state index contributed by atoms with van der Waals surface area (Å²) in [5.74, 6) is 2.26. The molecule has 0 atom stereocenters. The van der Waals surface area contributed by atoms with Gasteiger partial charge in [0.25, 0.3) is 5.91 Å². The van der Waals surface area contributed by atoms with Crippen molar-refractivity contribution in [2.24, 2.45) is 0 Å². The second kappa shape index (κ2) is 10.7. The number of nitrogens with zero attached hydrogens (tertiary/aromatic N) is 4. The molecule has 1 aliphatic heterocycles. The average molecular weight is 432 g/mol. The zero-order valence-electron chi connectivity index (χ0n) is 18.4. The highest BCUT2D eigenvalue weighted by atomic mass is 16.5. The number of nitrogens with one attached hydrogen (secondary N) is 1. The fraction of sp³-hybridized carbons (Fsp3) is 0.320. The first kappa shape index (κ1) is 21.8. The standard InChI is InChI=1S/C25H29N5O2/c1-20(16-21-8-4-2-5-9-21)18-29-13-12-23-27-28-24(30(23)15-14-29)17-26-25(31)19-32-22-10-6-3-7-11-22/h2-11,16H,12-15,17-19H2,1H3,(H,26,31). The lowest BCUT2D eigenvalue weighted by Gasteiger charge is -2.20. The van der Waals surface area contributed by atoms with Gasteiger partial charge in [0.05, 0.1) is 6.54 Å². The summed E-state index contributed by atoms with van der Waals surface area (Å²) < 4.78 is 7.63. The number of hydrogen-bond acceptors (Lipinski definition) is 5. The summed E-state index contributed by atoms with van der Waals surface area (Å²) in [5.41, 5.74) is 2.56. The average Bonchev–Trinajstić information content (AvgIpc) is 3.10. The van der Waals surface area contributed by atoms with Crippen LogP contribution in [0.15, 0.2) is 66.2 Å². The third kappa shape index (κ3) is 6.04. The smallest absolute Gasteiger partial charge is 0.258 e. The van der Waals surface area contributed by atoms with Gasteiger partial charge in [-0.2, -0.15) is 0 Å². The van der Waals surface area contributed by atoms with E-state index in [1.807, 2.05) is 36.4 Å². The Morgan fingerprint density at radius 2 is 1.78 bits per heavy atom. The highest BCUT2D eigenvalue weighted by Gasteiger charge is 2.19. The van der Waals surface area contributed by atoms with Crippen LogP contribution in [0.25, 0.3) is 6.08 Å². The summed E-state index contributed by atoms with van der Waals surface area (Å²) in [6.07, 6.45) is 3.08. The fourth-order valence-electron chi connectivity index (χ4n) is 3.84. The highest BCUT2D eigenvalue weighted by molar-refractivity contribution is 5.77. The quantitative estimate of drug-likeness (QED) is 0.594. The molecule has 7 nitrogen and oxygen atoms in total. The number of fused-ring (bicyclic) bond motifs is 1. The van der Waals surface area contributed by atoms with Gasteiger partial charge in [0.2, 0.25) is 0 Å². The highest BCUT2D eigenvalue weighted by Crippen LogP contribution is 2.13. The lowest BCUT2D eigenvalue weighted by Crippen LogP contribution is -2.31.